The lowest BCUT2D eigenvalue weighted by Gasteiger charge is -2.10. The van der Waals surface area contributed by atoms with Crippen molar-refractivity contribution in [1.82, 2.24) is 19.2 Å². The predicted octanol–water partition coefficient (Wildman–Crippen LogP) is 3.97. The SMILES string of the molecule is CCn1c(=O)c2ccccc2n2c(CSc3ccc(C)c(C)c3)nnc12. The van der Waals surface area contributed by atoms with Crippen molar-refractivity contribution in [2.75, 3.05) is 0 Å². The third kappa shape index (κ3) is 2.70. The Balaban J connectivity index is 1.82. The van der Waals surface area contributed by atoms with Crippen molar-refractivity contribution >= 4 is 28.4 Å². The van der Waals surface area contributed by atoms with Gasteiger partial charge in [0.05, 0.1) is 16.7 Å². The van der Waals surface area contributed by atoms with Crippen LogP contribution >= 0.6 is 11.8 Å². The fourth-order valence-electron chi connectivity index (χ4n) is 3.14. The van der Waals surface area contributed by atoms with Gasteiger partial charge in [0.2, 0.25) is 5.78 Å². The molecule has 0 spiro atoms. The molecule has 2 aromatic heterocycles. The van der Waals surface area contributed by atoms with Crippen LogP contribution in [0.25, 0.3) is 16.7 Å². The van der Waals surface area contributed by atoms with Crippen molar-refractivity contribution in [3.05, 3.63) is 69.8 Å². The monoisotopic (exact) mass is 364 g/mol. The van der Waals surface area contributed by atoms with Crippen LogP contribution in [0.5, 0.6) is 0 Å². The molecule has 0 radical (unpaired) electrons. The molecule has 26 heavy (non-hydrogen) atoms. The topological polar surface area (TPSA) is 52.2 Å². The zero-order chi connectivity index (χ0) is 18.3. The summed E-state index contributed by atoms with van der Waals surface area (Å²) in [6.07, 6.45) is 0. The van der Waals surface area contributed by atoms with Gasteiger partial charge in [0.1, 0.15) is 5.82 Å². The van der Waals surface area contributed by atoms with Crippen molar-refractivity contribution < 1.29 is 0 Å². The molecule has 2 aromatic carbocycles. The van der Waals surface area contributed by atoms with Crippen LogP contribution in [0, 0.1) is 13.8 Å². The number of fused-ring (bicyclic) bond motifs is 3. The Morgan fingerprint density at radius 2 is 1.85 bits per heavy atom. The summed E-state index contributed by atoms with van der Waals surface area (Å²) in [5.74, 6) is 2.14. The summed E-state index contributed by atoms with van der Waals surface area (Å²) in [6, 6.07) is 14.1. The third-order valence-corrected chi connectivity index (χ3v) is 5.73. The van der Waals surface area contributed by atoms with Crippen LogP contribution in [-0.4, -0.2) is 19.2 Å². The van der Waals surface area contributed by atoms with E-state index in [0.29, 0.717) is 23.5 Å². The number of aromatic nitrogens is 4. The van der Waals surface area contributed by atoms with Gasteiger partial charge in [0.15, 0.2) is 0 Å². The molecule has 0 aliphatic rings. The second-order valence-corrected chi connectivity index (χ2v) is 7.40. The van der Waals surface area contributed by atoms with E-state index in [1.54, 1.807) is 16.3 Å². The predicted molar refractivity (Wildman–Crippen MR) is 106 cm³/mol. The second-order valence-electron chi connectivity index (χ2n) is 6.35. The number of aryl methyl sites for hydroxylation is 3. The quantitative estimate of drug-likeness (QED) is 0.514. The third-order valence-electron chi connectivity index (χ3n) is 4.74. The van der Waals surface area contributed by atoms with Gasteiger partial charge in [-0.25, -0.2) is 0 Å². The highest BCUT2D eigenvalue weighted by molar-refractivity contribution is 7.98. The second kappa shape index (κ2) is 6.61. The molecule has 0 N–H and O–H groups in total. The van der Waals surface area contributed by atoms with Crippen molar-refractivity contribution in [2.24, 2.45) is 0 Å². The minimum Gasteiger partial charge on any atom is -0.277 e. The lowest BCUT2D eigenvalue weighted by atomic mass is 10.1. The molecule has 0 saturated heterocycles. The molecular weight excluding hydrogens is 344 g/mol. The van der Waals surface area contributed by atoms with Crippen LogP contribution in [0.2, 0.25) is 0 Å². The summed E-state index contributed by atoms with van der Waals surface area (Å²) < 4.78 is 3.69. The zero-order valence-electron chi connectivity index (χ0n) is 15.1. The molecule has 4 rings (SSSR count). The number of hydrogen-bond acceptors (Lipinski definition) is 4. The molecule has 4 aromatic rings. The highest BCUT2D eigenvalue weighted by Crippen LogP contribution is 2.25. The van der Waals surface area contributed by atoms with Crippen molar-refractivity contribution in [3.8, 4) is 0 Å². The Kier molecular flexibility index (Phi) is 4.28. The largest absolute Gasteiger partial charge is 0.277 e. The van der Waals surface area contributed by atoms with Crippen LogP contribution < -0.4 is 5.56 Å². The normalized spacial score (nSPS) is 11.5. The standard InChI is InChI=1S/C20H20N4OS/c1-4-23-19(25)16-7-5-6-8-17(16)24-18(21-22-20(23)24)12-26-15-10-9-13(2)14(3)11-15/h5-11H,4,12H2,1-3H3. The fraction of sp³-hybridized carbons (Fsp3) is 0.250. The number of rotatable bonds is 4. The van der Waals surface area contributed by atoms with Gasteiger partial charge in [-0.1, -0.05) is 18.2 Å². The van der Waals surface area contributed by atoms with Crippen LogP contribution in [0.3, 0.4) is 0 Å². The maximum atomic E-state index is 12.7. The lowest BCUT2D eigenvalue weighted by Crippen LogP contribution is -2.22. The summed E-state index contributed by atoms with van der Waals surface area (Å²) in [5.41, 5.74) is 3.42. The molecule has 0 aliphatic carbocycles. The Morgan fingerprint density at radius 1 is 1.04 bits per heavy atom. The summed E-state index contributed by atoms with van der Waals surface area (Å²) in [5, 5.41) is 9.38. The summed E-state index contributed by atoms with van der Waals surface area (Å²) in [6.45, 7) is 6.76. The Hall–Kier alpha value is -2.60. The first-order chi connectivity index (χ1) is 12.6. The molecule has 0 bridgehead atoms. The highest BCUT2D eigenvalue weighted by atomic mass is 32.2. The van der Waals surface area contributed by atoms with Crippen LogP contribution in [-0.2, 0) is 12.3 Å². The molecule has 0 amide bonds. The fourth-order valence-corrected chi connectivity index (χ4v) is 4.05. The van der Waals surface area contributed by atoms with E-state index in [1.807, 2.05) is 35.6 Å². The summed E-state index contributed by atoms with van der Waals surface area (Å²) >= 11 is 1.73. The molecule has 0 fully saturated rings. The molecule has 0 saturated carbocycles. The molecule has 6 heteroatoms. The maximum Gasteiger partial charge on any atom is 0.262 e. The first kappa shape index (κ1) is 16.8. The number of para-hydroxylation sites is 1. The van der Waals surface area contributed by atoms with Gasteiger partial charge in [0.25, 0.3) is 5.56 Å². The molecule has 0 aliphatic heterocycles. The summed E-state index contributed by atoms with van der Waals surface area (Å²) in [7, 11) is 0. The van der Waals surface area contributed by atoms with E-state index in [4.69, 9.17) is 0 Å². The van der Waals surface area contributed by atoms with Gasteiger partial charge in [-0.2, -0.15) is 0 Å². The van der Waals surface area contributed by atoms with Crippen molar-refractivity contribution in [3.63, 3.8) is 0 Å². The Bertz CT molecular complexity index is 1180. The maximum absolute atomic E-state index is 12.7. The smallest absolute Gasteiger partial charge is 0.262 e. The lowest BCUT2D eigenvalue weighted by molar-refractivity contribution is 0.735. The number of benzene rings is 2. The zero-order valence-corrected chi connectivity index (χ0v) is 15.9. The average Bonchev–Trinajstić information content (AvgIpc) is 3.07. The van der Waals surface area contributed by atoms with Gasteiger partial charge in [-0.3, -0.25) is 13.8 Å². The van der Waals surface area contributed by atoms with E-state index in [-0.39, 0.29) is 5.56 Å². The van der Waals surface area contributed by atoms with Crippen LogP contribution in [0.1, 0.15) is 23.9 Å². The van der Waals surface area contributed by atoms with Gasteiger partial charge in [-0.05, 0) is 56.2 Å². The van der Waals surface area contributed by atoms with E-state index >= 15 is 0 Å². The molecule has 0 atom stereocenters. The van der Waals surface area contributed by atoms with E-state index in [0.717, 1.165) is 11.3 Å². The summed E-state index contributed by atoms with van der Waals surface area (Å²) in [4.78, 5) is 13.9. The number of thioether (sulfide) groups is 1. The number of hydrogen-bond donors (Lipinski definition) is 0. The Morgan fingerprint density at radius 3 is 2.62 bits per heavy atom. The van der Waals surface area contributed by atoms with Crippen molar-refractivity contribution in [1.29, 1.82) is 0 Å². The molecular formula is C20H20N4OS. The average molecular weight is 364 g/mol. The minimum atomic E-state index is -0.0173. The van der Waals surface area contributed by atoms with Gasteiger partial charge >= 0.3 is 0 Å². The van der Waals surface area contributed by atoms with Gasteiger partial charge < -0.3 is 0 Å². The van der Waals surface area contributed by atoms with E-state index in [1.165, 1.54) is 16.0 Å². The van der Waals surface area contributed by atoms with Gasteiger partial charge in [-0.15, -0.1) is 22.0 Å². The highest BCUT2D eigenvalue weighted by Gasteiger charge is 2.15. The van der Waals surface area contributed by atoms with Crippen molar-refractivity contribution in [2.45, 2.75) is 38.0 Å². The molecule has 2 heterocycles. The van der Waals surface area contributed by atoms with E-state index in [2.05, 4.69) is 42.2 Å². The molecule has 0 unspecified atom stereocenters. The number of nitrogens with zero attached hydrogens (tertiary/aromatic N) is 4. The first-order valence-electron chi connectivity index (χ1n) is 8.65. The Labute approximate surface area is 155 Å². The van der Waals surface area contributed by atoms with Crippen LogP contribution in [0.15, 0.2) is 52.2 Å². The first-order valence-corrected chi connectivity index (χ1v) is 9.64. The van der Waals surface area contributed by atoms with E-state index in [9.17, 15) is 4.79 Å². The van der Waals surface area contributed by atoms with E-state index < -0.39 is 0 Å². The molecule has 5 nitrogen and oxygen atoms in total. The minimum absolute atomic E-state index is 0.0173. The van der Waals surface area contributed by atoms with Crippen LogP contribution in [0.4, 0.5) is 0 Å². The van der Waals surface area contributed by atoms with Gasteiger partial charge in [0, 0.05) is 11.4 Å². The molecule has 132 valence electrons.